The third-order valence-corrected chi connectivity index (χ3v) is 5.59. The van der Waals surface area contributed by atoms with Crippen LogP contribution in [0.25, 0.3) is 0 Å². The second kappa shape index (κ2) is 8.55. The largest absolute Gasteiger partial charge is 0.494 e. The molecular formula is C23H26N2O5. The minimum absolute atomic E-state index is 0.295. The lowest BCUT2D eigenvalue weighted by atomic mass is 9.88. The molecule has 7 nitrogen and oxygen atoms in total. The normalized spacial score (nSPS) is 21.5. The van der Waals surface area contributed by atoms with E-state index in [1.165, 1.54) is 0 Å². The van der Waals surface area contributed by atoms with Gasteiger partial charge >= 0.3 is 0 Å². The lowest BCUT2D eigenvalue weighted by Gasteiger charge is -2.31. The van der Waals surface area contributed by atoms with Gasteiger partial charge in [-0.2, -0.15) is 0 Å². The van der Waals surface area contributed by atoms with Crippen LogP contribution in [-0.2, 0) is 15.1 Å². The van der Waals surface area contributed by atoms with Gasteiger partial charge < -0.3 is 14.6 Å². The Kier molecular flexibility index (Phi) is 5.85. The molecule has 0 radical (unpaired) electrons. The summed E-state index contributed by atoms with van der Waals surface area (Å²) in [6.07, 6.45) is -0.309. The van der Waals surface area contributed by atoms with Crippen molar-refractivity contribution in [3.05, 3.63) is 59.7 Å². The summed E-state index contributed by atoms with van der Waals surface area (Å²) in [6.45, 7) is 5.45. The smallest absolute Gasteiger partial charge is 0.265 e. The molecule has 7 heteroatoms. The van der Waals surface area contributed by atoms with Gasteiger partial charge in [-0.05, 0) is 37.3 Å². The summed E-state index contributed by atoms with van der Waals surface area (Å²) in [5.41, 5.74) is -0.319. The highest BCUT2D eigenvalue weighted by Crippen LogP contribution is 2.43. The quantitative estimate of drug-likeness (QED) is 0.705. The molecule has 2 aromatic carbocycles. The van der Waals surface area contributed by atoms with E-state index in [1.807, 2.05) is 19.1 Å². The number of hydrogen-bond acceptors (Lipinski definition) is 6. The van der Waals surface area contributed by atoms with E-state index in [0.29, 0.717) is 49.1 Å². The van der Waals surface area contributed by atoms with E-state index in [2.05, 4.69) is 4.90 Å². The summed E-state index contributed by atoms with van der Waals surface area (Å²) < 4.78 is 10.8. The van der Waals surface area contributed by atoms with Crippen LogP contribution in [0.5, 0.6) is 5.75 Å². The number of rotatable bonds is 7. The molecule has 1 saturated heterocycles. The maximum atomic E-state index is 13.3. The number of aliphatic hydroxyl groups is 1. The molecule has 30 heavy (non-hydrogen) atoms. The number of Topliss-reactive ketones (excluding diaryl/α,β-unsaturated/α-hetero) is 1. The number of fused-ring (bicyclic) bond motifs is 1. The van der Waals surface area contributed by atoms with Crippen molar-refractivity contribution in [2.75, 3.05) is 44.5 Å². The van der Waals surface area contributed by atoms with Crippen molar-refractivity contribution in [2.24, 2.45) is 0 Å². The maximum absolute atomic E-state index is 13.3. The van der Waals surface area contributed by atoms with E-state index in [9.17, 15) is 14.7 Å². The molecule has 0 saturated carbocycles. The molecule has 158 valence electrons. The number of morpholine rings is 1. The Morgan fingerprint density at radius 1 is 1.13 bits per heavy atom. The van der Waals surface area contributed by atoms with E-state index in [0.717, 1.165) is 13.1 Å². The van der Waals surface area contributed by atoms with Crippen molar-refractivity contribution in [3.63, 3.8) is 0 Å². The Hall–Kier alpha value is -2.74. The molecule has 2 aliphatic rings. The summed E-state index contributed by atoms with van der Waals surface area (Å²) in [6, 6.07) is 13.9. The van der Waals surface area contributed by atoms with Gasteiger partial charge in [-0.15, -0.1) is 0 Å². The fourth-order valence-electron chi connectivity index (χ4n) is 4.00. The van der Waals surface area contributed by atoms with Gasteiger partial charge in [0.15, 0.2) is 11.4 Å². The van der Waals surface area contributed by atoms with Gasteiger partial charge in [0.1, 0.15) is 5.75 Å². The van der Waals surface area contributed by atoms with Gasteiger partial charge in [-0.1, -0.05) is 18.2 Å². The van der Waals surface area contributed by atoms with E-state index >= 15 is 0 Å². The number of anilines is 1. The molecule has 2 heterocycles. The number of para-hydroxylation sites is 1. The molecule has 2 aliphatic heterocycles. The topological polar surface area (TPSA) is 79.3 Å². The van der Waals surface area contributed by atoms with Gasteiger partial charge in [0.05, 0.1) is 38.6 Å². The van der Waals surface area contributed by atoms with E-state index in [4.69, 9.17) is 9.47 Å². The average molecular weight is 410 g/mol. The first kappa shape index (κ1) is 20.5. The fourth-order valence-corrected chi connectivity index (χ4v) is 4.00. The third-order valence-electron chi connectivity index (χ3n) is 5.59. The number of hydrogen-bond donors (Lipinski definition) is 1. The molecule has 1 atom stereocenters. The van der Waals surface area contributed by atoms with E-state index in [1.54, 1.807) is 41.3 Å². The Balaban J connectivity index is 1.57. The molecular weight excluding hydrogens is 384 g/mol. The highest BCUT2D eigenvalue weighted by atomic mass is 16.5. The van der Waals surface area contributed by atoms with Gasteiger partial charge in [0.2, 0.25) is 0 Å². The average Bonchev–Trinajstić information content (AvgIpc) is 2.97. The number of nitrogens with zero attached hydrogens (tertiary/aromatic N) is 2. The highest BCUT2D eigenvalue weighted by molar-refractivity contribution is 6.10. The Morgan fingerprint density at radius 3 is 2.53 bits per heavy atom. The number of amides is 1. The summed E-state index contributed by atoms with van der Waals surface area (Å²) in [5.74, 6) is -0.0851. The molecule has 0 aliphatic carbocycles. The first-order chi connectivity index (χ1) is 14.5. The lowest BCUT2D eigenvalue weighted by molar-refractivity contribution is -0.136. The van der Waals surface area contributed by atoms with Crippen molar-refractivity contribution < 1.29 is 24.2 Å². The van der Waals surface area contributed by atoms with Gasteiger partial charge in [0.25, 0.3) is 5.91 Å². The van der Waals surface area contributed by atoms with Crippen LogP contribution in [0.2, 0.25) is 0 Å². The summed E-state index contributed by atoms with van der Waals surface area (Å²) in [7, 11) is 0. The van der Waals surface area contributed by atoms with Crippen LogP contribution in [-0.4, -0.2) is 61.3 Å². The molecule has 1 fully saturated rings. The zero-order chi connectivity index (χ0) is 21.1. The van der Waals surface area contributed by atoms with E-state index in [-0.39, 0.29) is 12.2 Å². The molecule has 2 aromatic rings. The summed E-state index contributed by atoms with van der Waals surface area (Å²) >= 11 is 0. The monoisotopic (exact) mass is 410 g/mol. The zero-order valence-electron chi connectivity index (χ0n) is 17.0. The standard InChI is InChI=1S/C23H26N2O5/c1-2-30-18-9-7-17(8-10-18)21(26)15-23(28)19-5-3-4-6-20(19)25(22(23)27)16-24-11-13-29-14-12-24/h3-10,28H,2,11-16H2,1H3/t23-/m0/s1. The van der Waals surface area contributed by atoms with Crippen LogP contribution in [0.3, 0.4) is 0 Å². The van der Waals surface area contributed by atoms with Crippen molar-refractivity contribution in [3.8, 4) is 5.75 Å². The van der Waals surface area contributed by atoms with Crippen molar-refractivity contribution in [1.82, 2.24) is 4.90 Å². The van der Waals surface area contributed by atoms with Gasteiger partial charge in [-0.25, -0.2) is 0 Å². The minimum atomic E-state index is -1.88. The Morgan fingerprint density at radius 2 is 1.83 bits per heavy atom. The zero-order valence-corrected chi connectivity index (χ0v) is 17.0. The Labute approximate surface area is 175 Å². The van der Waals surface area contributed by atoms with E-state index < -0.39 is 11.5 Å². The molecule has 0 spiro atoms. The van der Waals surface area contributed by atoms with Crippen LogP contribution in [0.15, 0.2) is 48.5 Å². The SMILES string of the molecule is CCOc1ccc(C(=O)C[C@@]2(O)C(=O)N(CN3CCOCC3)c3ccccc32)cc1. The van der Waals surface area contributed by atoms with Crippen LogP contribution < -0.4 is 9.64 Å². The summed E-state index contributed by atoms with van der Waals surface area (Å²) in [4.78, 5) is 29.9. The van der Waals surface area contributed by atoms with Crippen LogP contribution >= 0.6 is 0 Å². The number of carbonyl (C=O) groups is 2. The number of benzene rings is 2. The highest BCUT2D eigenvalue weighted by Gasteiger charge is 2.51. The van der Waals surface area contributed by atoms with Gasteiger partial charge in [-0.3, -0.25) is 19.4 Å². The first-order valence-electron chi connectivity index (χ1n) is 10.2. The lowest BCUT2D eigenvalue weighted by Crippen LogP contribution is -2.49. The molecule has 1 amide bonds. The second-order valence-corrected chi connectivity index (χ2v) is 7.54. The van der Waals surface area contributed by atoms with Crippen molar-refractivity contribution in [1.29, 1.82) is 0 Å². The van der Waals surface area contributed by atoms with Crippen LogP contribution in [0.4, 0.5) is 5.69 Å². The van der Waals surface area contributed by atoms with Gasteiger partial charge in [0, 0.05) is 24.2 Å². The maximum Gasteiger partial charge on any atom is 0.265 e. The third kappa shape index (κ3) is 3.84. The fraction of sp³-hybridized carbons (Fsp3) is 0.391. The minimum Gasteiger partial charge on any atom is -0.494 e. The van der Waals surface area contributed by atoms with Crippen LogP contribution in [0, 0.1) is 0 Å². The molecule has 0 unspecified atom stereocenters. The molecule has 4 rings (SSSR count). The van der Waals surface area contributed by atoms with Crippen molar-refractivity contribution >= 4 is 17.4 Å². The number of ketones is 1. The van der Waals surface area contributed by atoms with Crippen molar-refractivity contribution in [2.45, 2.75) is 18.9 Å². The van der Waals surface area contributed by atoms with Crippen LogP contribution in [0.1, 0.15) is 29.3 Å². The summed E-state index contributed by atoms with van der Waals surface area (Å²) in [5, 5.41) is 11.4. The molecule has 1 N–H and O–H groups in total. The predicted molar refractivity (Wildman–Crippen MR) is 112 cm³/mol. The Bertz CT molecular complexity index is 923. The molecule has 0 aromatic heterocycles. The number of ether oxygens (including phenoxy) is 2. The number of carbonyl (C=O) groups excluding carboxylic acids is 2. The first-order valence-corrected chi connectivity index (χ1v) is 10.2. The predicted octanol–water partition coefficient (Wildman–Crippen LogP) is 2.18. The molecule has 0 bridgehead atoms. The second-order valence-electron chi connectivity index (χ2n) is 7.54.